The lowest BCUT2D eigenvalue weighted by molar-refractivity contribution is -0.138. The highest BCUT2D eigenvalue weighted by Gasteiger charge is 2.16. The van der Waals surface area contributed by atoms with Crippen molar-refractivity contribution in [3.05, 3.63) is 35.4 Å². The molecule has 1 unspecified atom stereocenters. The van der Waals surface area contributed by atoms with Crippen molar-refractivity contribution in [3.63, 3.8) is 0 Å². The van der Waals surface area contributed by atoms with E-state index in [0.29, 0.717) is 12.1 Å². The molecule has 0 fully saturated rings. The molecule has 0 saturated heterocycles. The molecule has 1 N–H and O–H groups in total. The van der Waals surface area contributed by atoms with Crippen LogP contribution in [0.2, 0.25) is 0 Å². The summed E-state index contributed by atoms with van der Waals surface area (Å²) in [5.41, 5.74) is 1.63. The summed E-state index contributed by atoms with van der Waals surface area (Å²) in [6.45, 7) is 4.60. The molecule has 0 bridgehead atoms. The molecule has 0 radical (unpaired) electrons. The summed E-state index contributed by atoms with van der Waals surface area (Å²) in [6, 6.07) is 9.33. The number of carboxylic acids is 1. The van der Waals surface area contributed by atoms with Crippen LogP contribution in [0.25, 0.3) is 0 Å². The van der Waals surface area contributed by atoms with Crippen molar-refractivity contribution in [1.82, 2.24) is 4.90 Å². The van der Waals surface area contributed by atoms with Crippen LogP contribution in [-0.2, 0) is 4.79 Å². The molecule has 1 aromatic rings. The second-order valence-electron chi connectivity index (χ2n) is 3.87. The standard InChI is InChI=1S/C13H16N2O2/c1-3-15(9-13(16)17)10(2)12-6-4-11(8-14)5-7-12/h4-7,10H,3,9H2,1-2H3,(H,16,17). The predicted octanol–water partition coefficient (Wildman–Crippen LogP) is 2.03. The molecule has 0 spiro atoms. The summed E-state index contributed by atoms with van der Waals surface area (Å²) in [4.78, 5) is 12.6. The number of benzene rings is 1. The predicted molar refractivity (Wildman–Crippen MR) is 64.5 cm³/mol. The Morgan fingerprint density at radius 3 is 2.47 bits per heavy atom. The highest BCUT2D eigenvalue weighted by Crippen LogP contribution is 2.19. The molecule has 0 aliphatic heterocycles. The van der Waals surface area contributed by atoms with Gasteiger partial charge in [-0.3, -0.25) is 9.69 Å². The van der Waals surface area contributed by atoms with Crippen molar-refractivity contribution in [2.75, 3.05) is 13.1 Å². The van der Waals surface area contributed by atoms with Gasteiger partial charge in [-0.25, -0.2) is 0 Å². The highest BCUT2D eigenvalue weighted by molar-refractivity contribution is 5.69. The van der Waals surface area contributed by atoms with E-state index < -0.39 is 5.97 Å². The van der Waals surface area contributed by atoms with Gasteiger partial charge in [0.1, 0.15) is 0 Å². The topological polar surface area (TPSA) is 64.3 Å². The number of nitrogens with zero attached hydrogens (tertiary/aromatic N) is 2. The lowest BCUT2D eigenvalue weighted by Crippen LogP contribution is -2.32. The summed E-state index contributed by atoms with van der Waals surface area (Å²) in [5.74, 6) is -0.827. The number of rotatable bonds is 5. The van der Waals surface area contributed by atoms with Crippen LogP contribution < -0.4 is 0 Å². The van der Waals surface area contributed by atoms with Crippen molar-refractivity contribution in [1.29, 1.82) is 5.26 Å². The van der Waals surface area contributed by atoms with Crippen molar-refractivity contribution < 1.29 is 9.90 Å². The Hall–Kier alpha value is -1.86. The molecular weight excluding hydrogens is 216 g/mol. The maximum absolute atomic E-state index is 10.7. The van der Waals surface area contributed by atoms with Gasteiger partial charge >= 0.3 is 5.97 Å². The Balaban J connectivity index is 2.82. The smallest absolute Gasteiger partial charge is 0.317 e. The Kier molecular flexibility index (Phi) is 4.68. The Morgan fingerprint density at radius 2 is 2.06 bits per heavy atom. The Labute approximate surface area is 101 Å². The highest BCUT2D eigenvalue weighted by atomic mass is 16.4. The van der Waals surface area contributed by atoms with Gasteiger partial charge in [-0.15, -0.1) is 0 Å². The van der Waals surface area contributed by atoms with Gasteiger partial charge in [0, 0.05) is 6.04 Å². The molecule has 0 aromatic heterocycles. The summed E-state index contributed by atoms with van der Waals surface area (Å²) >= 11 is 0. The average Bonchev–Trinajstić information content (AvgIpc) is 2.35. The van der Waals surface area contributed by atoms with Gasteiger partial charge < -0.3 is 5.11 Å². The second-order valence-corrected chi connectivity index (χ2v) is 3.87. The molecular formula is C13H16N2O2. The van der Waals surface area contributed by atoms with E-state index >= 15 is 0 Å². The molecule has 0 aliphatic carbocycles. The van der Waals surface area contributed by atoms with Crippen LogP contribution in [0.4, 0.5) is 0 Å². The van der Waals surface area contributed by atoms with Gasteiger partial charge in [0.05, 0.1) is 18.2 Å². The maximum atomic E-state index is 10.7. The number of hydrogen-bond donors (Lipinski definition) is 1. The maximum Gasteiger partial charge on any atom is 0.317 e. The quantitative estimate of drug-likeness (QED) is 0.843. The van der Waals surface area contributed by atoms with E-state index in [9.17, 15) is 4.79 Å². The first-order valence-electron chi connectivity index (χ1n) is 5.54. The van der Waals surface area contributed by atoms with Crippen LogP contribution in [0.3, 0.4) is 0 Å². The van der Waals surface area contributed by atoms with Crippen molar-refractivity contribution >= 4 is 5.97 Å². The van der Waals surface area contributed by atoms with Crippen molar-refractivity contribution in [2.45, 2.75) is 19.9 Å². The zero-order chi connectivity index (χ0) is 12.8. The fraction of sp³-hybridized carbons (Fsp3) is 0.385. The molecule has 0 aliphatic rings. The minimum absolute atomic E-state index is 0.0255. The fourth-order valence-electron chi connectivity index (χ4n) is 1.74. The van der Waals surface area contributed by atoms with Crippen LogP contribution in [0.15, 0.2) is 24.3 Å². The lowest BCUT2D eigenvalue weighted by atomic mass is 10.1. The van der Waals surface area contributed by atoms with Gasteiger partial charge in [0.2, 0.25) is 0 Å². The summed E-state index contributed by atoms with van der Waals surface area (Å²) in [5, 5.41) is 17.5. The number of aliphatic carboxylic acids is 1. The van der Waals surface area contributed by atoms with E-state index in [-0.39, 0.29) is 12.6 Å². The second kappa shape index (κ2) is 6.02. The SMILES string of the molecule is CCN(CC(=O)O)C(C)c1ccc(C#N)cc1. The molecule has 0 saturated carbocycles. The first-order chi connectivity index (χ1) is 8.08. The normalized spacial score (nSPS) is 12.1. The molecule has 17 heavy (non-hydrogen) atoms. The fourth-order valence-corrected chi connectivity index (χ4v) is 1.74. The number of carbonyl (C=O) groups is 1. The molecule has 0 amide bonds. The largest absolute Gasteiger partial charge is 0.480 e. The lowest BCUT2D eigenvalue weighted by Gasteiger charge is -2.26. The van der Waals surface area contributed by atoms with Gasteiger partial charge in [-0.1, -0.05) is 19.1 Å². The molecule has 1 aromatic carbocycles. The number of carboxylic acid groups (broad SMARTS) is 1. The number of likely N-dealkylation sites (N-methyl/N-ethyl adjacent to an activating group) is 1. The van der Waals surface area contributed by atoms with Crippen molar-refractivity contribution in [2.24, 2.45) is 0 Å². The first kappa shape index (κ1) is 13.2. The molecule has 0 heterocycles. The minimum Gasteiger partial charge on any atom is -0.480 e. The number of nitriles is 1. The van der Waals surface area contributed by atoms with Crippen LogP contribution >= 0.6 is 0 Å². The monoisotopic (exact) mass is 232 g/mol. The Bertz CT molecular complexity index is 420. The first-order valence-corrected chi connectivity index (χ1v) is 5.54. The Morgan fingerprint density at radius 1 is 1.47 bits per heavy atom. The van der Waals surface area contributed by atoms with Gasteiger partial charge in [0.15, 0.2) is 0 Å². The third-order valence-corrected chi connectivity index (χ3v) is 2.81. The van der Waals surface area contributed by atoms with E-state index in [1.807, 2.05) is 30.9 Å². The summed E-state index contributed by atoms with van der Waals surface area (Å²) in [7, 11) is 0. The van der Waals surface area contributed by atoms with E-state index in [1.165, 1.54) is 0 Å². The third kappa shape index (κ3) is 3.58. The molecule has 1 atom stereocenters. The molecule has 4 nitrogen and oxygen atoms in total. The van der Waals surface area contributed by atoms with Gasteiger partial charge in [-0.05, 0) is 31.2 Å². The molecule has 1 rings (SSSR count). The molecule has 90 valence electrons. The summed E-state index contributed by atoms with van der Waals surface area (Å²) < 4.78 is 0. The number of hydrogen-bond acceptors (Lipinski definition) is 3. The van der Waals surface area contributed by atoms with E-state index in [1.54, 1.807) is 12.1 Å². The van der Waals surface area contributed by atoms with E-state index in [2.05, 4.69) is 6.07 Å². The minimum atomic E-state index is -0.827. The molecule has 4 heteroatoms. The third-order valence-electron chi connectivity index (χ3n) is 2.81. The van der Waals surface area contributed by atoms with E-state index in [4.69, 9.17) is 10.4 Å². The van der Waals surface area contributed by atoms with Crippen LogP contribution in [0.5, 0.6) is 0 Å². The van der Waals surface area contributed by atoms with Crippen LogP contribution in [-0.4, -0.2) is 29.1 Å². The summed E-state index contributed by atoms with van der Waals surface area (Å²) in [6.07, 6.45) is 0. The zero-order valence-corrected chi connectivity index (χ0v) is 10.1. The van der Waals surface area contributed by atoms with Gasteiger partial charge in [0.25, 0.3) is 0 Å². The van der Waals surface area contributed by atoms with Gasteiger partial charge in [-0.2, -0.15) is 5.26 Å². The zero-order valence-electron chi connectivity index (χ0n) is 10.1. The van der Waals surface area contributed by atoms with Crippen LogP contribution in [0, 0.1) is 11.3 Å². The van der Waals surface area contributed by atoms with Crippen LogP contribution in [0.1, 0.15) is 31.0 Å². The van der Waals surface area contributed by atoms with Crippen molar-refractivity contribution in [3.8, 4) is 6.07 Å². The van der Waals surface area contributed by atoms with E-state index in [0.717, 1.165) is 5.56 Å². The average molecular weight is 232 g/mol.